The number of hydrogen-bond acceptors (Lipinski definition) is 3. The minimum absolute atomic E-state index is 0.0553. The van der Waals surface area contributed by atoms with E-state index >= 15 is 0 Å². The van der Waals surface area contributed by atoms with Crippen molar-refractivity contribution in [3.63, 3.8) is 0 Å². The average molecular weight is 248 g/mol. The molecule has 0 saturated carbocycles. The van der Waals surface area contributed by atoms with Gasteiger partial charge in [0.1, 0.15) is 10.7 Å². The van der Waals surface area contributed by atoms with E-state index in [0.717, 1.165) is 6.20 Å². The van der Waals surface area contributed by atoms with Gasteiger partial charge in [0.25, 0.3) is 6.43 Å². The van der Waals surface area contributed by atoms with Crippen molar-refractivity contribution in [2.24, 2.45) is 0 Å². The van der Waals surface area contributed by atoms with E-state index in [4.69, 9.17) is 11.0 Å². The number of aromatic nitrogens is 1. The summed E-state index contributed by atoms with van der Waals surface area (Å²) in [6.07, 6.45) is -1.80. The van der Waals surface area contributed by atoms with Gasteiger partial charge in [-0.25, -0.2) is 13.8 Å². The average Bonchev–Trinajstić information content (AvgIpc) is 2.09. The molecule has 0 aromatic carbocycles. The first-order chi connectivity index (χ1) is 6.07. The third-order valence-corrected chi connectivity index (χ3v) is 2.08. The van der Waals surface area contributed by atoms with Crippen molar-refractivity contribution in [2.75, 3.05) is 5.73 Å². The molecule has 0 unspecified atom stereocenters. The largest absolute Gasteiger partial charge is 0.395 e. The summed E-state index contributed by atoms with van der Waals surface area (Å²) in [5, 5.41) is 8.56. The van der Waals surface area contributed by atoms with Gasteiger partial charge >= 0.3 is 0 Å². The Hall–Kier alpha value is -1.22. The number of nitrogen functional groups attached to an aromatic ring is 1. The lowest BCUT2D eigenvalue weighted by Crippen LogP contribution is -2.00. The highest BCUT2D eigenvalue weighted by Crippen LogP contribution is 2.29. The third kappa shape index (κ3) is 1.75. The minimum atomic E-state index is -2.74. The summed E-state index contributed by atoms with van der Waals surface area (Å²) < 4.78 is 24.7. The number of nitrogens with two attached hydrogens (primary N) is 1. The topological polar surface area (TPSA) is 62.7 Å². The molecule has 0 atom stereocenters. The summed E-state index contributed by atoms with van der Waals surface area (Å²) >= 11 is 2.94. The molecule has 13 heavy (non-hydrogen) atoms. The number of nitriles is 1. The number of alkyl halides is 2. The van der Waals surface area contributed by atoms with Gasteiger partial charge in [-0.1, -0.05) is 0 Å². The predicted molar refractivity (Wildman–Crippen MR) is 46.0 cm³/mol. The Labute approximate surface area is 81.3 Å². The molecule has 0 radical (unpaired) electrons. The van der Waals surface area contributed by atoms with Gasteiger partial charge in [0.2, 0.25) is 0 Å². The third-order valence-electron chi connectivity index (χ3n) is 1.44. The first-order valence-electron chi connectivity index (χ1n) is 3.20. The van der Waals surface area contributed by atoms with Crippen molar-refractivity contribution >= 4 is 21.6 Å². The smallest absolute Gasteiger partial charge is 0.266 e. The molecule has 0 saturated heterocycles. The lowest BCUT2D eigenvalue weighted by molar-refractivity contribution is 0.150. The van der Waals surface area contributed by atoms with Crippen LogP contribution in [0, 0.1) is 11.3 Å². The van der Waals surface area contributed by atoms with Crippen molar-refractivity contribution in [3.05, 3.63) is 21.9 Å². The van der Waals surface area contributed by atoms with E-state index in [1.54, 1.807) is 6.07 Å². The lowest BCUT2D eigenvalue weighted by Gasteiger charge is -2.05. The molecule has 6 heteroatoms. The van der Waals surface area contributed by atoms with Crippen molar-refractivity contribution < 1.29 is 8.78 Å². The SMILES string of the molecule is N#Cc1c(C(F)F)cnc(Br)c1N. The molecular weight excluding hydrogens is 244 g/mol. The number of anilines is 1. The summed E-state index contributed by atoms with van der Waals surface area (Å²) in [5.41, 5.74) is 4.64. The molecule has 1 heterocycles. The zero-order valence-electron chi connectivity index (χ0n) is 6.26. The maximum absolute atomic E-state index is 12.3. The van der Waals surface area contributed by atoms with Crippen LogP contribution in [0.15, 0.2) is 10.8 Å². The monoisotopic (exact) mass is 247 g/mol. The molecule has 0 aliphatic carbocycles. The van der Waals surface area contributed by atoms with Crippen LogP contribution in [0.5, 0.6) is 0 Å². The van der Waals surface area contributed by atoms with Crippen LogP contribution in [0.25, 0.3) is 0 Å². The number of hydrogen-bond donors (Lipinski definition) is 1. The number of pyridine rings is 1. The van der Waals surface area contributed by atoms with E-state index < -0.39 is 12.0 Å². The Morgan fingerprint density at radius 1 is 1.62 bits per heavy atom. The quantitative estimate of drug-likeness (QED) is 0.775. The first kappa shape index (κ1) is 9.86. The summed E-state index contributed by atoms with van der Waals surface area (Å²) in [6.45, 7) is 0. The van der Waals surface area contributed by atoms with Crippen LogP contribution in [0.2, 0.25) is 0 Å². The summed E-state index contributed by atoms with van der Waals surface area (Å²) in [4.78, 5) is 3.57. The number of nitrogens with zero attached hydrogens (tertiary/aromatic N) is 2. The molecule has 1 aromatic heterocycles. The first-order valence-corrected chi connectivity index (χ1v) is 3.99. The van der Waals surface area contributed by atoms with Crippen LogP contribution in [0.4, 0.5) is 14.5 Å². The molecule has 0 bridgehead atoms. The molecule has 1 aromatic rings. The van der Waals surface area contributed by atoms with Gasteiger partial charge in [-0.2, -0.15) is 5.26 Å². The van der Waals surface area contributed by atoms with Crippen LogP contribution < -0.4 is 5.73 Å². The van der Waals surface area contributed by atoms with Gasteiger partial charge in [-0.15, -0.1) is 0 Å². The second kappa shape index (κ2) is 3.66. The van der Waals surface area contributed by atoms with Crippen LogP contribution in [-0.4, -0.2) is 4.98 Å². The molecule has 0 spiro atoms. The van der Waals surface area contributed by atoms with Crippen molar-refractivity contribution in [1.82, 2.24) is 4.98 Å². The van der Waals surface area contributed by atoms with Crippen molar-refractivity contribution in [2.45, 2.75) is 6.43 Å². The van der Waals surface area contributed by atoms with E-state index in [9.17, 15) is 8.78 Å². The predicted octanol–water partition coefficient (Wildman–Crippen LogP) is 2.24. The zero-order valence-corrected chi connectivity index (χ0v) is 7.85. The second-order valence-electron chi connectivity index (χ2n) is 2.21. The minimum Gasteiger partial charge on any atom is -0.395 e. The maximum Gasteiger partial charge on any atom is 0.266 e. The standard InChI is InChI=1S/C7H4BrF2N3/c8-6-5(12)3(1-11)4(2-13-6)7(9)10/h2,7H,12H2. The van der Waals surface area contributed by atoms with E-state index in [0.29, 0.717) is 0 Å². The second-order valence-corrected chi connectivity index (χ2v) is 2.96. The van der Waals surface area contributed by atoms with Crippen molar-refractivity contribution in [1.29, 1.82) is 5.26 Å². The van der Waals surface area contributed by atoms with Gasteiger partial charge in [0.05, 0.1) is 16.8 Å². The van der Waals surface area contributed by atoms with Crippen LogP contribution in [0.3, 0.4) is 0 Å². The molecule has 0 amide bonds. The van der Waals surface area contributed by atoms with Gasteiger partial charge in [0.15, 0.2) is 0 Å². The van der Waals surface area contributed by atoms with Crippen LogP contribution in [-0.2, 0) is 0 Å². The fourth-order valence-corrected chi connectivity index (χ4v) is 1.11. The Morgan fingerprint density at radius 3 is 2.69 bits per heavy atom. The highest BCUT2D eigenvalue weighted by Gasteiger charge is 2.17. The van der Waals surface area contributed by atoms with Crippen LogP contribution in [0.1, 0.15) is 17.6 Å². The fraction of sp³-hybridized carbons (Fsp3) is 0.143. The van der Waals surface area contributed by atoms with E-state index in [-0.39, 0.29) is 15.9 Å². The Kier molecular flexibility index (Phi) is 2.78. The lowest BCUT2D eigenvalue weighted by atomic mass is 10.1. The van der Waals surface area contributed by atoms with Crippen molar-refractivity contribution in [3.8, 4) is 6.07 Å². The molecule has 0 aliphatic heterocycles. The molecule has 68 valence electrons. The summed E-state index contributed by atoms with van der Waals surface area (Å²) in [6, 6.07) is 1.61. The van der Waals surface area contributed by atoms with Crippen LogP contribution >= 0.6 is 15.9 Å². The normalized spacial score (nSPS) is 10.1. The molecule has 0 fully saturated rings. The Balaban J connectivity index is 3.41. The van der Waals surface area contributed by atoms with E-state index in [2.05, 4.69) is 20.9 Å². The van der Waals surface area contributed by atoms with E-state index in [1.807, 2.05) is 0 Å². The van der Waals surface area contributed by atoms with Gasteiger partial charge in [0, 0.05) is 6.20 Å². The summed E-state index contributed by atoms with van der Waals surface area (Å²) in [5.74, 6) is 0. The summed E-state index contributed by atoms with van der Waals surface area (Å²) in [7, 11) is 0. The Bertz CT molecular complexity index is 373. The number of halogens is 3. The number of rotatable bonds is 1. The molecule has 1 rings (SSSR count). The zero-order chi connectivity index (χ0) is 10.0. The van der Waals surface area contributed by atoms with E-state index in [1.165, 1.54) is 0 Å². The highest BCUT2D eigenvalue weighted by molar-refractivity contribution is 9.10. The van der Waals surface area contributed by atoms with Gasteiger partial charge < -0.3 is 5.73 Å². The highest BCUT2D eigenvalue weighted by atomic mass is 79.9. The van der Waals surface area contributed by atoms with Gasteiger partial charge in [-0.05, 0) is 15.9 Å². The molecule has 2 N–H and O–H groups in total. The molecule has 3 nitrogen and oxygen atoms in total. The molecule has 0 aliphatic rings. The Morgan fingerprint density at radius 2 is 2.23 bits per heavy atom. The fourth-order valence-electron chi connectivity index (χ4n) is 0.809. The maximum atomic E-state index is 12.3. The molecular formula is C7H4BrF2N3. The van der Waals surface area contributed by atoms with Gasteiger partial charge in [-0.3, -0.25) is 0 Å².